The van der Waals surface area contributed by atoms with Crippen molar-refractivity contribution in [3.63, 3.8) is 0 Å². The van der Waals surface area contributed by atoms with Crippen LogP contribution in [0.4, 0.5) is 0 Å². The zero-order chi connectivity index (χ0) is 15.2. The van der Waals surface area contributed by atoms with E-state index >= 15 is 0 Å². The van der Waals surface area contributed by atoms with Gasteiger partial charge in [0.05, 0.1) is 6.04 Å². The second-order valence-corrected chi connectivity index (χ2v) is 5.94. The number of nitrogens with zero attached hydrogens (tertiary/aromatic N) is 1. The van der Waals surface area contributed by atoms with Gasteiger partial charge < -0.3 is 15.5 Å². The predicted octanol–water partition coefficient (Wildman–Crippen LogP) is 1.55. The summed E-state index contributed by atoms with van der Waals surface area (Å²) in [7, 11) is 2.11. The molecule has 2 N–H and O–H groups in total. The molecule has 2 atom stereocenters. The second-order valence-electron chi connectivity index (χ2n) is 5.94. The fourth-order valence-electron chi connectivity index (χ4n) is 2.65. The van der Waals surface area contributed by atoms with E-state index < -0.39 is 0 Å². The molecule has 4 nitrogen and oxygen atoms in total. The second kappa shape index (κ2) is 7.57. The highest BCUT2D eigenvalue weighted by atomic mass is 16.2. The minimum Gasteiger partial charge on any atom is -0.353 e. The van der Waals surface area contributed by atoms with Crippen molar-refractivity contribution in [2.24, 2.45) is 0 Å². The van der Waals surface area contributed by atoms with Crippen molar-refractivity contribution < 1.29 is 4.79 Å². The number of hydrogen-bond donors (Lipinski definition) is 2. The summed E-state index contributed by atoms with van der Waals surface area (Å²) in [5, 5.41) is 6.37. The van der Waals surface area contributed by atoms with Gasteiger partial charge in [0.1, 0.15) is 0 Å². The number of likely N-dealkylation sites (N-methyl/N-ethyl adjacent to an activating group) is 1. The Hall–Kier alpha value is -1.39. The minimum absolute atomic E-state index is 0.103. The molecule has 0 bridgehead atoms. The number of amides is 1. The standard InChI is InChI=1S/C17H27N3O/c1-4-13(2)20(3)10-9-18-17(21)16-11-14-7-5-6-8-15(14)12-19-16/h5-8,13,16,19H,4,9-12H2,1-3H3,(H,18,21). The van der Waals surface area contributed by atoms with Gasteiger partial charge in [-0.25, -0.2) is 0 Å². The highest BCUT2D eigenvalue weighted by molar-refractivity contribution is 5.82. The summed E-state index contributed by atoms with van der Waals surface area (Å²) in [5.74, 6) is 0.113. The lowest BCUT2D eigenvalue weighted by molar-refractivity contribution is -0.123. The first-order valence-electron chi connectivity index (χ1n) is 7.90. The quantitative estimate of drug-likeness (QED) is 0.835. The maximum atomic E-state index is 12.2. The van der Waals surface area contributed by atoms with Gasteiger partial charge in [-0.15, -0.1) is 0 Å². The van der Waals surface area contributed by atoms with Gasteiger partial charge in [-0.1, -0.05) is 31.2 Å². The Labute approximate surface area is 127 Å². The Bertz CT molecular complexity index is 475. The lowest BCUT2D eigenvalue weighted by Gasteiger charge is -2.27. The lowest BCUT2D eigenvalue weighted by atomic mass is 9.95. The Morgan fingerprint density at radius 1 is 1.43 bits per heavy atom. The van der Waals surface area contributed by atoms with Gasteiger partial charge >= 0.3 is 0 Å². The van der Waals surface area contributed by atoms with Crippen molar-refractivity contribution >= 4 is 5.91 Å². The maximum absolute atomic E-state index is 12.2. The number of carbonyl (C=O) groups excluding carboxylic acids is 1. The van der Waals surface area contributed by atoms with E-state index in [0.29, 0.717) is 12.6 Å². The molecule has 4 heteroatoms. The number of rotatable bonds is 6. The summed E-state index contributed by atoms with van der Waals surface area (Å²) in [6.07, 6.45) is 1.91. The fraction of sp³-hybridized carbons (Fsp3) is 0.588. The van der Waals surface area contributed by atoms with Crippen molar-refractivity contribution in [1.29, 1.82) is 0 Å². The molecule has 1 aliphatic rings. The van der Waals surface area contributed by atoms with Crippen LogP contribution >= 0.6 is 0 Å². The Balaban J connectivity index is 1.77. The molecular weight excluding hydrogens is 262 g/mol. The van der Waals surface area contributed by atoms with E-state index in [1.807, 2.05) is 12.1 Å². The van der Waals surface area contributed by atoms with Crippen LogP contribution in [0.5, 0.6) is 0 Å². The first kappa shape index (κ1) is 16.0. The van der Waals surface area contributed by atoms with E-state index in [0.717, 1.165) is 25.9 Å². The molecule has 0 saturated carbocycles. The van der Waals surface area contributed by atoms with Crippen LogP contribution in [0, 0.1) is 0 Å². The molecule has 2 rings (SSSR count). The highest BCUT2D eigenvalue weighted by Crippen LogP contribution is 2.16. The van der Waals surface area contributed by atoms with Crippen molar-refractivity contribution in [3.8, 4) is 0 Å². The third-order valence-electron chi connectivity index (χ3n) is 4.50. The predicted molar refractivity (Wildman–Crippen MR) is 86.2 cm³/mol. The SMILES string of the molecule is CCC(C)N(C)CCNC(=O)C1Cc2ccccc2CN1. The van der Waals surface area contributed by atoms with Gasteiger partial charge in [-0.2, -0.15) is 0 Å². The van der Waals surface area contributed by atoms with E-state index in [9.17, 15) is 4.79 Å². The largest absolute Gasteiger partial charge is 0.353 e. The molecule has 1 aromatic carbocycles. The maximum Gasteiger partial charge on any atom is 0.237 e. The summed E-state index contributed by atoms with van der Waals surface area (Å²) < 4.78 is 0. The molecule has 0 fully saturated rings. The Morgan fingerprint density at radius 3 is 2.86 bits per heavy atom. The third-order valence-corrected chi connectivity index (χ3v) is 4.50. The minimum atomic E-state index is -0.103. The van der Waals surface area contributed by atoms with Crippen LogP contribution in [0.2, 0.25) is 0 Å². The molecule has 1 heterocycles. The summed E-state index contributed by atoms with van der Waals surface area (Å²) in [6.45, 7) is 6.77. The smallest absolute Gasteiger partial charge is 0.237 e. The van der Waals surface area contributed by atoms with Crippen molar-refractivity contribution in [2.45, 2.75) is 45.3 Å². The van der Waals surface area contributed by atoms with Gasteiger partial charge in [-0.05, 0) is 37.9 Å². The molecule has 21 heavy (non-hydrogen) atoms. The number of nitrogens with one attached hydrogen (secondary N) is 2. The van der Waals surface area contributed by atoms with Crippen LogP contribution < -0.4 is 10.6 Å². The first-order chi connectivity index (χ1) is 10.1. The molecule has 0 saturated heterocycles. The fourth-order valence-corrected chi connectivity index (χ4v) is 2.65. The van der Waals surface area contributed by atoms with Crippen LogP contribution in [0.25, 0.3) is 0 Å². The van der Waals surface area contributed by atoms with Crippen LogP contribution in [0.15, 0.2) is 24.3 Å². The number of fused-ring (bicyclic) bond motifs is 1. The summed E-state index contributed by atoms with van der Waals surface area (Å²) in [4.78, 5) is 14.5. The number of carbonyl (C=O) groups is 1. The highest BCUT2D eigenvalue weighted by Gasteiger charge is 2.23. The molecule has 1 aromatic rings. The molecular formula is C17H27N3O. The Kier molecular flexibility index (Phi) is 5.76. The third kappa shape index (κ3) is 4.29. The topological polar surface area (TPSA) is 44.4 Å². The zero-order valence-electron chi connectivity index (χ0n) is 13.4. The average molecular weight is 289 g/mol. The van der Waals surface area contributed by atoms with Gasteiger partial charge in [0, 0.05) is 25.7 Å². The Morgan fingerprint density at radius 2 is 2.14 bits per heavy atom. The summed E-state index contributed by atoms with van der Waals surface area (Å²) in [6, 6.07) is 8.78. The molecule has 116 valence electrons. The monoisotopic (exact) mass is 289 g/mol. The lowest BCUT2D eigenvalue weighted by Crippen LogP contribution is -2.49. The van der Waals surface area contributed by atoms with E-state index in [-0.39, 0.29) is 11.9 Å². The molecule has 0 spiro atoms. The zero-order valence-corrected chi connectivity index (χ0v) is 13.4. The van der Waals surface area contributed by atoms with Crippen molar-refractivity contribution in [1.82, 2.24) is 15.5 Å². The molecule has 0 aliphatic carbocycles. The molecule has 0 aromatic heterocycles. The first-order valence-corrected chi connectivity index (χ1v) is 7.90. The van der Waals surface area contributed by atoms with Crippen LogP contribution in [-0.2, 0) is 17.8 Å². The number of benzene rings is 1. The summed E-state index contributed by atoms with van der Waals surface area (Å²) in [5.41, 5.74) is 2.59. The molecule has 1 aliphatic heterocycles. The van der Waals surface area contributed by atoms with Gasteiger partial charge in [-0.3, -0.25) is 4.79 Å². The van der Waals surface area contributed by atoms with Gasteiger partial charge in [0.25, 0.3) is 0 Å². The van der Waals surface area contributed by atoms with E-state index in [1.54, 1.807) is 0 Å². The van der Waals surface area contributed by atoms with Crippen LogP contribution in [0.1, 0.15) is 31.4 Å². The molecule has 0 radical (unpaired) electrons. The van der Waals surface area contributed by atoms with Gasteiger partial charge in [0.2, 0.25) is 5.91 Å². The van der Waals surface area contributed by atoms with Crippen molar-refractivity contribution in [2.75, 3.05) is 20.1 Å². The van der Waals surface area contributed by atoms with E-state index in [4.69, 9.17) is 0 Å². The van der Waals surface area contributed by atoms with E-state index in [2.05, 4.69) is 48.6 Å². The summed E-state index contributed by atoms with van der Waals surface area (Å²) >= 11 is 0. The van der Waals surface area contributed by atoms with Crippen molar-refractivity contribution in [3.05, 3.63) is 35.4 Å². The normalized spacial score (nSPS) is 19.1. The molecule has 1 amide bonds. The average Bonchev–Trinajstić information content (AvgIpc) is 2.53. The van der Waals surface area contributed by atoms with Crippen LogP contribution in [0.3, 0.4) is 0 Å². The number of hydrogen-bond acceptors (Lipinski definition) is 3. The van der Waals surface area contributed by atoms with Gasteiger partial charge in [0.15, 0.2) is 0 Å². The molecule has 2 unspecified atom stereocenters. The van der Waals surface area contributed by atoms with E-state index in [1.165, 1.54) is 11.1 Å². The van der Waals surface area contributed by atoms with Crippen LogP contribution in [-0.4, -0.2) is 43.0 Å².